The second-order valence-corrected chi connectivity index (χ2v) is 7.83. The number of thiophene rings is 1. The molecule has 0 saturated heterocycles. The number of nitrogens with two attached hydrogens (primary N) is 1. The molecule has 0 atom stereocenters. The average molecular weight is 415 g/mol. The predicted octanol–water partition coefficient (Wildman–Crippen LogP) is 3.73. The van der Waals surface area contributed by atoms with Gasteiger partial charge in [0.15, 0.2) is 5.76 Å². The maximum Gasteiger partial charge on any atom is 0.291 e. The van der Waals surface area contributed by atoms with Crippen molar-refractivity contribution < 1.29 is 18.8 Å². The molecule has 0 spiro atoms. The highest BCUT2D eigenvalue weighted by Gasteiger charge is 2.17. The van der Waals surface area contributed by atoms with Crippen LogP contribution in [-0.4, -0.2) is 23.5 Å². The number of furan rings is 1. The quantitative estimate of drug-likeness (QED) is 0.509. The van der Waals surface area contributed by atoms with Crippen molar-refractivity contribution in [2.45, 2.75) is 11.8 Å². The van der Waals surface area contributed by atoms with Crippen molar-refractivity contribution in [3.63, 3.8) is 0 Å². The molecule has 0 radical (unpaired) electrons. The minimum absolute atomic E-state index is 0.119. The molecular weight excluding hydrogens is 398 g/mol. The Morgan fingerprint density at radius 1 is 1.11 bits per heavy atom. The van der Waals surface area contributed by atoms with E-state index in [1.165, 1.54) is 29.4 Å². The third kappa shape index (κ3) is 4.81. The van der Waals surface area contributed by atoms with Gasteiger partial charge in [-0.1, -0.05) is 12.1 Å². The zero-order chi connectivity index (χ0) is 20.1. The molecule has 0 aliphatic carbocycles. The highest BCUT2D eigenvalue weighted by molar-refractivity contribution is 8.00. The minimum atomic E-state index is -0.433. The largest absolute Gasteiger partial charge is 0.459 e. The van der Waals surface area contributed by atoms with Crippen molar-refractivity contribution in [1.82, 2.24) is 0 Å². The van der Waals surface area contributed by atoms with E-state index in [1.807, 2.05) is 6.07 Å². The molecular formula is C19H17N3O4S2. The van der Waals surface area contributed by atoms with Crippen molar-refractivity contribution in [3.05, 3.63) is 64.9 Å². The minimum Gasteiger partial charge on any atom is -0.459 e. The van der Waals surface area contributed by atoms with E-state index < -0.39 is 5.91 Å². The molecule has 3 aromatic rings. The number of aryl methyl sites for hydroxylation is 1. The topological polar surface area (TPSA) is 114 Å². The van der Waals surface area contributed by atoms with E-state index in [0.717, 1.165) is 10.5 Å². The van der Waals surface area contributed by atoms with Crippen LogP contribution in [-0.2, 0) is 4.79 Å². The van der Waals surface area contributed by atoms with Crippen LogP contribution in [0.1, 0.15) is 25.8 Å². The number of primary amides is 1. The summed E-state index contributed by atoms with van der Waals surface area (Å²) in [6.07, 6.45) is 1.42. The van der Waals surface area contributed by atoms with Crippen LogP contribution >= 0.6 is 23.1 Å². The summed E-state index contributed by atoms with van der Waals surface area (Å²) >= 11 is 2.43. The summed E-state index contributed by atoms with van der Waals surface area (Å²) in [5.41, 5.74) is 6.52. The lowest BCUT2D eigenvalue weighted by atomic mass is 10.2. The highest BCUT2D eigenvalue weighted by atomic mass is 32.2. The van der Waals surface area contributed by atoms with Crippen LogP contribution in [0.15, 0.2) is 58.0 Å². The van der Waals surface area contributed by atoms with E-state index in [9.17, 15) is 14.4 Å². The number of hydrogen-bond acceptors (Lipinski definition) is 6. The molecule has 0 bridgehead atoms. The van der Waals surface area contributed by atoms with Crippen molar-refractivity contribution in [1.29, 1.82) is 0 Å². The van der Waals surface area contributed by atoms with Crippen LogP contribution in [0.4, 0.5) is 10.7 Å². The molecule has 28 heavy (non-hydrogen) atoms. The summed E-state index contributed by atoms with van der Waals surface area (Å²) in [4.78, 5) is 37.1. The van der Waals surface area contributed by atoms with Crippen LogP contribution in [0.25, 0.3) is 0 Å². The maximum atomic E-state index is 12.7. The first-order valence-corrected chi connectivity index (χ1v) is 10.0. The van der Waals surface area contributed by atoms with Gasteiger partial charge in [-0.25, -0.2) is 0 Å². The van der Waals surface area contributed by atoms with Gasteiger partial charge in [0.2, 0.25) is 5.91 Å². The first-order chi connectivity index (χ1) is 13.4. The fourth-order valence-electron chi connectivity index (χ4n) is 2.37. The van der Waals surface area contributed by atoms with Crippen LogP contribution < -0.4 is 16.4 Å². The van der Waals surface area contributed by atoms with Gasteiger partial charge in [-0.15, -0.1) is 23.1 Å². The van der Waals surface area contributed by atoms with Crippen molar-refractivity contribution in [3.8, 4) is 0 Å². The van der Waals surface area contributed by atoms with Gasteiger partial charge in [0.1, 0.15) is 0 Å². The first kappa shape index (κ1) is 19.7. The summed E-state index contributed by atoms with van der Waals surface area (Å²) in [5, 5.41) is 6.11. The average Bonchev–Trinajstić information content (AvgIpc) is 3.31. The van der Waals surface area contributed by atoms with Gasteiger partial charge in [-0.3, -0.25) is 14.4 Å². The Hall–Kier alpha value is -3.04. The number of amides is 3. The van der Waals surface area contributed by atoms with Gasteiger partial charge in [-0.2, -0.15) is 0 Å². The van der Waals surface area contributed by atoms with E-state index in [2.05, 4.69) is 10.6 Å². The summed E-state index contributed by atoms with van der Waals surface area (Å²) < 4.78 is 5.06. The Labute approximate surface area is 169 Å². The van der Waals surface area contributed by atoms with Gasteiger partial charge in [0.25, 0.3) is 11.8 Å². The molecule has 2 heterocycles. The predicted molar refractivity (Wildman–Crippen MR) is 110 cm³/mol. The Morgan fingerprint density at radius 3 is 2.61 bits per heavy atom. The van der Waals surface area contributed by atoms with Crippen molar-refractivity contribution in [2.75, 3.05) is 16.4 Å². The van der Waals surface area contributed by atoms with Gasteiger partial charge in [0, 0.05) is 4.90 Å². The van der Waals surface area contributed by atoms with Crippen molar-refractivity contribution in [2.24, 2.45) is 5.73 Å². The van der Waals surface area contributed by atoms with Gasteiger partial charge < -0.3 is 20.8 Å². The van der Waals surface area contributed by atoms with E-state index in [0.29, 0.717) is 15.6 Å². The zero-order valence-electron chi connectivity index (χ0n) is 14.9. The molecule has 0 aliphatic heterocycles. The fraction of sp³-hybridized carbons (Fsp3) is 0.105. The number of thioether (sulfide) groups is 1. The normalized spacial score (nSPS) is 10.5. The summed E-state index contributed by atoms with van der Waals surface area (Å²) in [7, 11) is 0. The number of rotatable bonds is 7. The lowest BCUT2D eigenvalue weighted by Crippen LogP contribution is -2.14. The number of benzene rings is 1. The lowest BCUT2D eigenvalue weighted by molar-refractivity contribution is -0.115. The number of carbonyl (C=O) groups is 3. The van der Waals surface area contributed by atoms with Crippen LogP contribution in [0.3, 0.4) is 0 Å². The molecule has 7 nitrogen and oxygen atoms in total. The Bertz CT molecular complexity index is 1010. The van der Waals surface area contributed by atoms with Gasteiger partial charge in [0.05, 0.1) is 27.6 Å². The Morgan fingerprint density at radius 2 is 1.89 bits per heavy atom. The van der Waals surface area contributed by atoms with Gasteiger partial charge >= 0.3 is 0 Å². The standard InChI is InChI=1S/C19H17N3O4S2/c1-11-9-16(22-18(24)13-6-4-8-26-13)28-17(11)19(25)21-12-5-2-3-7-14(12)27-10-15(20)23/h2-9H,10H2,1H3,(H2,20,23)(H,21,25)(H,22,24). The van der Waals surface area contributed by atoms with E-state index >= 15 is 0 Å². The molecule has 3 rings (SSSR count). The third-order valence-electron chi connectivity index (χ3n) is 3.61. The smallest absolute Gasteiger partial charge is 0.291 e. The molecule has 144 valence electrons. The van der Waals surface area contributed by atoms with Crippen LogP contribution in [0, 0.1) is 6.92 Å². The summed E-state index contributed by atoms with van der Waals surface area (Å²) in [5.74, 6) is -0.803. The molecule has 0 unspecified atom stereocenters. The monoisotopic (exact) mass is 415 g/mol. The number of hydrogen-bond donors (Lipinski definition) is 3. The zero-order valence-corrected chi connectivity index (χ0v) is 16.5. The molecule has 1 aromatic carbocycles. The molecule has 2 aromatic heterocycles. The van der Waals surface area contributed by atoms with E-state index in [-0.39, 0.29) is 23.3 Å². The van der Waals surface area contributed by atoms with Crippen LogP contribution in [0.2, 0.25) is 0 Å². The molecule has 9 heteroatoms. The lowest BCUT2D eigenvalue weighted by Gasteiger charge is -2.09. The molecule has 4 N–H and O–H groups in total. The SMILES string of the molecule is Cc1cc(NC(=O)c2ccco2)sc1C(=O)Nc1ccccc1SCC(N)=O. The van der Waals surface area contributed by atoms with E-state index in [1.54, 1.807) is 43.3 Å². The van der Waals surface area contributed by atoms with E-state index in [4.69, 9.17) is 10.2 Å². The molecule has 0 aliphatic rings. The molecule has 0 saturated carbocycles. The third-order valence-corrected chi connectivity index (χ3v) is 5.86. The fourth-order valence-corrected chi connectivity index (χ4v) is 4.08. The van der Waals surface area contributed by atoms with Gasteiger partial charge in [-0.05, 0) is 42.8 Å². The number of carbonyl (C=O) groups excluding carboxylic acids is 3. The summed E-state index contributed by atoms with van der Waals surface area (Å²) in [6, 6.07) is 12.1. The second kappa shape index (κ2) is 8.77. The Kier molecular flexibility index (Phi) is 6.17. The first-order valence-electron chi connectivity index (χ1n) is 8.21. The van der Waals surface area contributed by atoms with Crippen molar-refractivity contribution >= 4 is 51.5 Å². The summed E-state index contributed by atoms with van der Waals surface area (Å²) in [6.45, 7) is 1.79. The second-order valence-electron chi connectivity index (χ2n) is 5.76. The molecule has 0 fully saturated rings. The Balaban J connectivity index is 1.72. The maximum absolute atomic E-state index is 12.7. The number of anilines is 2. The molecule has 3 amide bonds. The number of nitrogens with one attached hydrogen (secondary N) is 2. The number of para-hydroxylation sites is 1. The van der Waals surface area contributed by atoms with Crippen LogP contribution in [0.5, 0.6) is 0 Å². The highest BCUT2D eigenvalue weighted by Crippen LogP contribution is 2.30.